The molecular weight excluding hydrogens is 454 g/mol. The lowest BCUT2D eigenvalue weighted by Crippen LogP contribution is -2.01. The highest BCUT2D eigenvalue weighted by Crippen LogP contribution is 2.23. The fourth-order valence-corrected chi connectivity index (χ4v) is 2.82. The molecule has 10 heteroatoms. The number of alkyl halides is 2. The third-order valence-corrected chi connectivity index (χ3v) is 4.50. The van der Waals surface area contributed by atoms with E-state index in [4.69, 9.17) is 21.7 Å². The van der Waals surface area contributed by atoms with Crippen LogP contribution in [-0.2, 0) is 6.61 Å². The number of nitrogens with zero attached hydrogens (tertiary/aromatic N) is 3. The van der Waals surface area contributed by atoms with Crippen LogP contribution in [0.25, 0.3) is 0 Å². The van der Waals surface area contributed by atoms with Crippen LogP contribution in [0.2, 0.25) is 0 Å². The molecule has 1 N–H and O–H groups in total. The third-order valence-electron chi connectivity index (χ3n) is 3.71. The normalized spacial score (nSPS) is 11.3. The number of H-pyrrole nitrogens is 1. The van der Waals surface area contributed by atoms with Crippen LogP contribution >= 0.6 is 28.1 Å². The first kappa shape index (κ1) is 20.2. The van der Waals surface area contributed by atoms with E-state index in [2.05, 4.69) is 31.2 Å². The van der Waals surface area contributed by atoms with Crippen molar-refractivity contribution < 1.29 is 18.3 Å². The average Bonchev–Trinajstić information content (AvgIpc) is 3.06. The van der Waals surface area contributed by atoms with Gasteiger partial charge in [0.1, 0.15) is 18.1 Å². The molecule has 3 aromatic rings. The van der Waals surface area contributed by atoms with Gasteiger partial charge in [0, 0.05) is 10.0 Å². The molecule has 146 valence electrons. The summed E-state index contributed by atoms with van der Waals surface area (Å²) in [5.74, 6) is 0.798. The van der Waals surface area contributed by atoms with E-state index in [-0.39, 0.29) is 11.4 Å². The number of rotatable bonds is 7. The Kier molecular flexibility index (Phi) is 6.53. The highest BCUT2D eigenvalue weighted by atomic mass is 79.9. The molecule has 6 nitrogen and oxygen atoms in total. The maximum absolute atomic E-state index is 13.0. The molecule has 0 atom stereocenters. The molecule has 0 bridgehead atoms. The Labute approximate surface area is 172 Å². The first-order valence-corrected chi connectivity index (χ1v) is 9.23. The first-order chi connectivity index (χ1) is 13.5. The van der Waals surface area contributed by atoms with Gasteiger partial charge in [0.25, 0.3) is 6.43 Å². The summed E-state index contributed by atoms with van der Waals surface area (Å²) < 4.78 is 38.9. The van der Waals surface area contributed by atoms with E-state index in [9.17, 15) is 8.78 Å². The summed E-state index contributed by atoms with van der Waals surface area (Å²) in [5.41, 5.74) is 1.44. The van der Waals surface area contributed by atoms with Crippen LogP contribution in [0.15, 0.2) is 52.0 Å². The zero-order valence-corrected chi connectivity index (χ0v) is 17.0. The van der Waals surface area contributed by atoms with Crippen molar-refractivity contribution in [3.8, 4) is 11.5 Å². The topological polar surface area (TPSA) is 64.4 Å². The van der Waals surface area contributed by atoms with Gasteiger partial charge in [-0.05, 0) is 60.2 Å². The Morgan fingerprint density at radius 3 is 2.71 bits per heavy atom. The van der Waals surface area contributed by atoms with Crippen LogP contribution in [0.3, 0.4) is 0 Å². The van der Waals surface area contributed by atoms with E-state index in [1.54, 1.807) is 25.3 Å². The van der Waals surface area contributed by atoms with Crippen molar-refractivity contribution in [3.05, 3.63) is 68.7 Å². The second-order valence-electron chi connectivity index (χ2n) is 5.56. The van der Waals surface area contributed by atoms with Gasteiger partial charge in [-0.1, -0.05) is 15.9 Å². The predicted molar refractivity (Wildman–Crippen MR) is 107 cm³/mol. The smallest absolute Gasteiger partial charge is 0.299 e. The summed E-state index contributed by atoms with van der Waals surface area (Å²) in [6, 6.07) is 12.7. The molecule has 0 aliphatic carbocycles. The van der Waals surface area contributed by atoms with Crippen LogP contribution < -0.4 is 9.47 Å². The Hall–Kier alpha value is -2.59. The van der Waals surface area contributed by atoms with E-state index in [0.717, 1.165) is 14.7 Å². The third kappa shape index (κ3) is 4.82. The first-order valence-electron chi connectivity index (χ1n) is 8.03. The monoisotopic (exact) mass is 468 g/mol. The average molecular weight is 469 g/mol. The number of halogens is 3. The van der Waals surface area contributed by atoms with Gasteiger partial charge >= 0.3 is 0 Å². The van der Waals surface area contributed by atoms with E-state index >= 15 is 0 Å². The number of aromatic amines is 1. The van der Waals surface area contributed by atoms with Gasteiger partial charge < -0.3 is 9.47 Å². The van der Waals surface area contributed by atoms with E-state index in [1.807, 2.05) is 24.3 Å². The Bertz CT molecular complexity index is 1030. The highest BCUT2D eigenvalue weighted by molar-refractivity contribution is 9.10. The molecule has 0 unspecified atom stereocenters. The van der Waals surface area contributed by atoms with Crippen molar-refractivity contribution in [1.82, 2.24) is 14.9 Å². The molecule has 0 aliphatic heterocycles. The van der Waals surface area contributed by atoms with Gasteiger partial charge in [-0.25, -0.2) is 13.9 Å². The number of ether oxygens (including phenoxy) is 2. The predicted octanol–water partition coefficient (Wildman–Crippen LogP) is 5.11. The zero-order chi connectivity index (χ0) is 20.1. The van der Waals surface area contributed by atoms with Gasteiger partial charge in [-0.3, -0.25) is 0 Å². The standard InChI is InChI=1S/C18H15BrF2N4O2S/c1-26-15-7-2-11(9-22-25-17(16(20)21)23-24-18(25)28)8-12(15)10-27-14-5-3-13(19)4-6-14/h2-9,16H,10H2,1H3,(H,24,28). The molecule has 0 spiro atoms. The van der Waals surface area contributed by atoms with Crippen LogP contribution in [0.1, 0.15) is 23.4 Å². The second-order valence-corrected chi connectivity index (χ2v) is 6.86. The van der Waals surface area contributed by atoms with Gasteiger partial charge in [-0.2, -0.15) is 14.9 Å². The Morgan fingerprint density at radius 2 is 2.04 bits per heavy atom. The Morgan fingerprint density at radius 1 is 1.29 bits per heavy atom. The van der Waals surface area contributed by atoms with Crippen molar-refractivity contribution in [2.24, 2.45) is 5.10 Å². The number of hydrogen-bond donors (Lipinski definition) is 1. The number of hydrogen-bond acceptors (Lipinski definition) is 5. The Balaban J connectivity index is 1.81. The molecule has 2 aromatic carbocycles. The maximum Gasteiger partial charge on any atom is 0.299 e. The molecule has 28 heavy (non-hydrogen) atoms. The molecule has 0 saturated heterocycles. The summed E-state index contributed by atoms with van der Waals surface area (Å²) in [6.45, 7) is 0.264. The highest BCUT2D eigenvalue weighted by Gasteiger charge is 2.16. The fourth-order valence-electron chi connectivity index (χ4n) is 2.36. The van der Waals surface area contributed by atoms with Crippen LogP contribution in [-0.4, -0.2) is 28.2 Å². The molecule has 0 aliphatic rings. The summed E-state index contributed by atoms with van der Waals surface area (Å²) in [7, 11) is 1.56. The largest absolute Gasteiger partial charge is 0.496 e. The lowest BCUT2D eigenvalue weighted by molar-refractivity contribution is 0.136. The van der Waals surface area contributed by atoms with Crippen molar-refractivity contribution in [1.29, 1.82) is 0 Å². The molecular formula is C18H15BrF2N4O2S. The molecule has 0 amide bonds. The number of aromatic nitrogens is 3. The fraction of sp³-hybridized carbons (Fsp3) is 0.167. The molecule has 1 heterocycles. The van der Waals surface area contributed by atoms with Gasteiger partial charge in [0.15, 0.2) is 0 Å². The van der Waals surface area contributed by atoms with Crippen molar-refractivity contribution in [2.45, 2.75) is 13.0 Å². The van der Waals surface area contributed by atoms with Crippen molar-refractivity contribution in [3.63, 3.8) is 0 Å². The van der Waals surface area contributed by atoms with Crippen molar-refractivity contribution >= 4 is 34.4 Å². The van der Waals surface area contributed by atoms with Crippen LogP contribution in [0.4, 0.5) is 8.78 Å². The zero-order valence-electron chi connectivity index (χ0n) is 14.6. The minimum absolute atomic E-state index is 0.0149. The summed E-state index contributed by atoms with van der Waals surface area (Å²) in [5, 5.41) is 9.79. The lowest BCUT2D eigenvalue weighted by atomic mass is 10.1. The SMILES string of the molecule is COc1ccc(C=Nn2c(C(F)F)n[nH]c2=S)cc1COc1ccc(Br)cc1. The number of nitrogens with one attached hydrogen (secondary N) is 1. The van der Waals surface area contributed by atoms with E-state index in [0.29, 0.717) is 17.1 Å². The molecule has 1 aromatic heterocycles. The van der Waals surface area contributed by atoms with Gasteiger partial charge in [-0.15, -0.1) is 0 Å². The minimum Gasteiger partial charge on any atom is -0.496 e. The number of methoxy groups -OCH3 is 1. The summed E-state index contributed by atoms with van der Waals surface area (Å²) in [6.07, 6.45) is -1.38. The van der Waals surface area contributed by atoms with Gasteiger partial charge in [0.05, 0.1) is 13.3 Å². The number of benzene rings is 2. The molecule has 0 fully saturated rings. The summed E-state index contributed by atoms with van der Waals surface area (Å²) in [4.78, 5) is 0. The summed E-state index contributed by atoms with van der Waals surface area (Å²) >= 11 is 8.31. The molecule has 0 saturated carbocycles. The van der Waals surface area contributed by atoms with E-state index in [1.165, 1.54) is 6.21 Å². The quantitative estimate of drug-likeness (QED) is 0.386. The molecule has 0 radical (unpaired) electrons. The second kappa shape index (κ2) is 9.07. The van der Waals surface area contributed by atoms with Crippen LogP contribution in [0.5, 0.6) is 11.5 Å². The maximum atomic E-state index is 13.0. The lowest BCUT2D eigenvalue weighted by Gasteiger charge is -2.11. The van der Waals surface area contributed by atoms with Crippen LogP contribution in [0, 0.1) is 4.77 Å². The van der Waals surface area contributed by atoms with E-state index < -0.39 is 12.2 Å². The minimum atomic E-state index is -2.80. The van der Waals surface area contributed by atoms with Crippen molar-refractivity contribution in [2.75, 3.05) is 7.11 Å². The molecule has 3 rings (SSSR count). The van der Waals surface area contributed by atoms with Gasteiger partial charge in [0.2, 0.25) is 10.6 Å².